The van der Waals surface area contributed by atoms with Crippen molar-refractivity contribution >= 4 is 21.3 Å². The van der Waals surface area contributed by atoms with Gasteiger partial charge in [0, 0.05) is 6.07 Å². The summed E-state index contributed by atoms with van der Waals surface area (Å²) in [6.45, 7) is 2.32. The molecule has 0 bridgehead atoms. The maximum Gasteiger partial charge on any atom is 0.277 e. The molecule has 7 heteroatoms. The van der Waals surface area contributed by atoms with Gasteiger partial charge < -0.3 is 13.6 Å². The lowest BCUT2D eigenvalue weighted by Gasteiger charge is -2.42. The lowest BCUT2D eigenvalue weighted by molar-refractivity contribution is -0.0263. The van der Waals surface area contributed by atoms with E-state index in [1.165, 1.54) is 12.5 Å². The monoisotopic (exact) mass is 390 g/mol. The molecular formula is C20H22O6S. The summed E-state index contributed by atoms with van der Waals surface area (Å²) in [6, 6.07) is 11.2. The Morgan fingerprint density at radius 1 is 1.22 bits per heavy atom. The van der Waals surface area contributed by atoms with Gasteiger partial charge in [-0.05, 0) is 30.7 Å². The van der Waals surface area contributed by atoms with Crippen molar-refractivity contribution in [3.05, 3.63) is 60.1 Å². The fraction of sp³-hybridized carbons (Fsp3) is 0.400. The highest BCUT2D eigenvalue weighted by atomic mass is 32.2. The summed E-state index contributed by atoms with van der Waals surface area (Å²) in [6.07, 6.45) is 3.50. The first kappa shape index (κ1) is 18.3. The molecule has 27 heavy (non-hydrogen) atoms. The van der Waals surface area contributed by atoms with Gasteiger partial charge in [0.1, 0.15) is 6.26 Å². The summed E-state index contributed by atoms with van der Waals surface area (Å²) >= 11 is 0. The third-order valence-corrected chi connectivity index (χ3v) is 7.14. The van der Waals surface area contributed by atoms with Gasteiger partial charge in [0.2, 0.25) is 0 Å². The fourth-order valence-electron chi connectivity index (χ4n) is 4.07. The molecule has 0 aliphatic heterocycles. The second-order valence-corrected chi connectivity index (χ2v) is 8.97. The molecule has 1 saturated carbocycles. The van der Waals surface area contributed by atoms with Crippen molar-refractivity contribution in [2.45, 2.75) is 43.6 Å². The normalized spacial score (nSPS) is 26.4. The van der Waals surface area contributed by atoms with E-state index in [1.54, 1.807) is 6.07 Å². The molecule has 1 aromatic carbocycles. The van der Waals surface area contributed by atoms with E-state index in [-0.39, 0.29) is 18.9 Å². The van der Waals surface area contributed by atoms with Gasteiger partial charge in [0.05, 0.1) is 24.5 Å². The third-order valence-electron chi connectivity index (χ3n) is 5.53. The van der Waals surface area contributed by atoms with E-state index in [0.717, 1.165) is 5.56 Å². The minimum absolute atomic E-state index is 0.238. The Morgan fingerprint density at radius 2 is 2.00 bits per heavy atom. The third kappa shape index (κ3) is 3.09. The van der Waals surface area contributed by atoms with Crippen LogP contribution in [0, 0.1) is 5.92 Å². The molecular weight excluding hydrogens is 368 g/mol. The zero-order chi connectivity index (χ0) is 19.1. The highest BCUT2D eigenvalue weighted by molar-refractivity contribution is 7.86. The second kappa shape index (κ2) is 6.82. The maximum absolute atomic E-state index is 12.7. The zero-order valence-electron chi connectivity index (χ0n) is 15.0. The number of hydrogen-bond donors (Lipinski definition) is 1. The van der Waals surface area contributed by atoms with Crippen LogP contribution in [0.2, 0.25) is 0 Å². The van der Waals surface area contributed by atoms with Crippen molar-refractivity contribution in [1.82, 2.24) is 0 Å². The van der Waals surface area contributed by atoms with Crippen molar-refractivity contribution < 1.29 is 26.5 Å². The Labute approximate surface area is 157 Å². The fourth-order valence-corrected chi connectivity index (χ4v) is 5.36. The average Bonchev–Trinajstić information content (AvgIpc) is 3.24. The number of benzene rings is 1. The molecule has 1 aliphatic carbocycles. The van der Waals surface area contributed by atoms with Gasteiger partial charge in [-0.15, -0.1) is 0 Å². The van der Waals surface area contributed by atoms with Crippen LogP contribution in [0.1, 0.15) is 37.3 Å². The predicted molar refractivity (Wildman–Crippen MR) is 99.7 cm³/mol. The van der Waals surface area contributed by atoms with E-state index in [9.17, 15) is 13.0 Å². The SMILES string of the molecule is CC1CCC(c2coc3ccoc23)(S(=O)(=O)O)C(OCc2ccccc2)C1. The largest absolute Gasteiger partial charge is 0.460 e. The van der Waals surface area contributed by atoms with Crippen LogP contribution in [-0.2, 0) is 26.2 Å². The van der Waals surface area contributed by atoms with E-state index >= 15 is 0 Å². The zero-order valence-corrected chi connectivity index (χ0v) is 15.8. The molecule has 2 heterocycles. The highest BCUT2D eigenvalue weighted by Crippen LogP contribution is 2.49. The molecule has 1 aliphatic rings. The molecule has 3 atom stereocenters. The topological polar surface area (TPSA) is 89.9 Å². The number of ether oxygens (including phenoxy) is 1. The molecule has 1 fully saturated rings. The summed E-state index contributed by atoms with van der Waals surface area (Å²) in [5, 5.41) is 0. The number of rotatable bonds is 5. The average molecular weight is 390 g/mol. The van der Waals surface area contributed by atoms with Crippen LogP contribution < -0.4 is 0 Å². The molecule has 0 radical (unpaired) electrons. The lowest BCUT2D eigenvalue weighted by Crippen LogP contribution is -2.51. The molecule has 0 saturated heterocycles. The van der Waals surface area contributed by atoms with Gasteiger partial charge in [-0.25, -0.2) is 0 Å². The highest BCUT2D eigenvalue weighted by Gasteiger charge is 2.56. The summed E-state index contributed by atoms with van der Waals surface area (Å²) in [7, 11) is -4.50. The smallest absolute Gasteiger partial charge is 0.277 e. The molecule has 1 N–H and O–H groups in total. The van der Waals surface area contributed by atoms with Crippen LogP contribution in [0.3, 0.4) is 0 Å². The van der Waals surface area contributed by atoms with Crippen molar-refractivity contribution in [1.29, 1.82) is 0 Å². The molecule has 2 aromatic heterocycles. The molecule has 3 unspecified atom stereocenters. The van der Waals surface area contributed by atoms with Gasteiger partial charge in [-0.2, -0.15) is 8.42 Å². The second-order valence-electron chi connectivity index (χ2n) is 7.29. The molecule has 144 valence electrons. The first-order valence-electron chi connectivity index (χ1n) is 8.99. The van der Waals surface area contributed by atoms with Crippen molar-refractivity contribution in [2.75, 3.05) is 0 Å². The van der Waals surface area contributed by atoms with Crippen LogP contribution in [0.25, 0.3) is 11.2 Å². The Balaban J connectivity index is 1.78. The van der Waals surface area contributed by atoms with Gasteiger partial charge in [0.25, 0.3) is 10.1 Å². The Hall–Kier alpha value is -2.09. The Morgan fingerprint density at radius 3 is 2.74 bits per heavy atom. The first-order valence-corrected chi connectivity index (χ1v) is 10.4. The standard InChI is InChI=1S/C20H22O6S/c1-14-7-9-20(27(21,22)23,16-13-25-17-8-10-24-19(16)17)18(11-14)26-12-15-5-3-2-4-6-15/h2-6,8,10,13-14,18H,7,9,11-12H2,1H3,(H,21,22,23). The van der Waals surface area contributed by atoms with Crippen LogP contribution in [-0.4, -0.2) is 19.1 Å². The summed E-state index contributed by atoms with van der Waals surface area (Å²) < 4.78 is 51.2. The van der Waals surface area contributed by atoms with Crippen LogP contribution in [0.5, 0.6) is 0 Å². The quantitative estimate of drug-likeness (QED) is 0.645. The van der Waals surface area contributed by atoms with Crippen molar-refractivity contribution in [2.24, 2.45) is 5.92 Å². The van der Waals surface area contributed by atoms with Crippen molar-refractivity contribution in [3.8, 4) is 0 Å². The van der Waals surface area contributed by atoms with Gasteiger partial charge >= 0.3 is 0 Å². The van der Waals surface area contributed by atoms with E-state index in [0.29, 0.717) is 29.6 Å². The minimum atomic E-state index is -4.50. The molecule has 4 rings (SSSR count). The number of furan rings is 2. The first-order chi connectivity index (χ1) is 12.9. The number of hydrogen-bond acceptors (Lipinski definition) is 5. The van der Waals surface area contributed by atoms with E-state index < -0.39 is 21.0 Å². The minimum Gasteiger partial charge on any atom is -0.460 e. The molecule has 6 nitrogen and oxygen atoms in total. The molecule has 3 aromatic rings. The van der Waals surface area contributed by atoms with Gasteiger partial charge in [-0.3, -0.25) is 4.55 Å². The van der Waals surface area contributed by atoms with E-state index in [1.807, 2.05) is 30.3 Å². The Bertz CT molecular complexity index is 1020. The Kier molecular flexibility index (Phi) is 4.61. The van der Waals surface area contributed by atoms with E-state index in [2.05, 4.69) is 6.92 Å². The maximum atomic E-state index is 12.7. The van der Waals surface area contributed by atoms with E-state index in [4.69, 9.17) is 13.6 Å². The van der Waals surface area contributed by atoms with Gasteiger partial charge in [0.15, 0.2) is 15.9 Å². The summed E-state index contributed by atoms with van der Waals surface area (Å²) in [4.78, 5) is 0. The van der Waals surface area contributed by atoms with Gasteiger partial charge in [-0.1, -0.05) is 37.3 Å². The predicted octanol–water partition coefficient (Wildman–Crippen LogP) is 4.51. The summed E-state index contributed by atoms with van der Waals surface area (Å²) in [5.74, 6) is 0.277. The van der Waals surface area contributed by atoms with Crippen LogP contribution in [0.15, 0.2) is 57.8 Å². The van der Waals surface area contributed by atoms with Crippen LogP contribution >= 0.6 is 0 Å². The summed E-state index contributed by atoms with van der Waals surface area (Å²) in [5.41, 5.74) is 2.06. The molecule has 0 spiro atoms. The number of fused-ring (bicyclic) bond motifs is 1. The lowest BCUT2D eigenvalue weighted by atomic mass is 9.76. The van der Waals surface area contributed by atoms with Crippen LogP contribution in [0.4, 0.5) is 0 Å². The van der Waals surface area contributed by atoms with Crippen molar-refractivity contribution in [3.63, 3.8) is 0 Å². The molecule has 0 amide bonds.